The quantitative estimate of drug-likeness (QED) is 0.895. The largest absolute Gasteiger partial charge is 0.327 e. The monoisotopic (exact) mass is 252 g/mol. The van der Waals surface area contributed by atoms with Crippen molar-refractivity contribution in [2.75, 3.05) is 0 Å². The van der Waals surface area contributed by atoms with Gasteiger partial charge in [0, 0.05) is 17.8 Å². The molecule has 1 heterocycles. The zero-order chi connectivity index (χ0) is 12.4. The Hall–Kier alpha value is -0.410. The molecule has 3 atom stereocenters. The Labute approximate surface area is 109 Å². The lowest BCUT2D eigenvalue weighted by Gasteiger charge is -2.34. The summed E-state index contributed by atoms with van der Waals surface area (Å²) in [6, 6.07) is 0.293. The van der Waals surface area contributed by atoms with Gasteiger partial charge in [0.15, 0.2) is 0 Å². The van der Waals surface area contributed by atoms with Crippen molar-refractivity contribution in [3.63, 3.8) is 0 Å². The molecule has 2 nitrogen and oxygen atoms in total. The molecule has 0 radical (unpaired) electrons. The third kappa shape index (κ3) is 3.52. The van der Waals surface area contributed by atoms with Crippen LogP contribution in [0.25, 0.3) is 0 Å². The number of hydrogen-bond acceptors (Lipinski definition) is 3. The van der Waals surface area contributed by atoms with E-state index in [-0.39, 0.29) is 0 Å². The molecular formula is C14H24N2S. The van der Waals surface area contributed by atoms with Crippen LogP contribution in [0.2, 0.25) is 0 Å². The summed E-state index contributed by atoms with van der Waals surface area (Å²) < 4.78 is 0. The molecule has 0 spiro atoms. The standard InChI is InChI=1S/C14H24N2S/c1-9-4-10(2)6-12(5-9)14(15)7-13-8-17-11(3)16-13/h8-10,12,14H,4-7,15H2,1-3H3. The Balaban J connectivity index is 1.93. The fourth-order valence-electron chi connectivity index (χ4n) is 3.27. The molecular weight excluding hydrogens is 228 g/mol. The van der Waals surface area contributed by atoms with Gasteiger partial charge in [0.05, 0.1) is 10.7 Å². The number of nitrogens with zero attached hydrogens (tertiary/aromatic N) is 1. The average molecular weight is 252 g/mol. The van der Waals surface area contributed by atoms with Crippen LogP contribution in [0.3, 0.4) is 0 Å². The molecule has 2 rings (SSSR count). The second kappa shape index (κ2) is 5.49. The fraction of sp³-hybridized carbons (Fsp3) is 0.786. The Kier molecular flexibility index (Phi) is 4.21. The topological polar surface area (TPSA) is 38.9 Å². The summed E-state index contributed by atoms with van der Waals surface area (Å²) in [4.78, 5) is 4.52. The highest BCUT2D eigenvalue weighted by atomic mass is 32.1. The normalized spacial score (nSPS) is 31.4. The molecule has 17 heavy (non-hydrogen) atoms. The third-order valence-electron chi connectivity index (χ3n) is 3.93. The van der Waals surface area contributed by atoms with Crippen molar-refractivity contribution in [1.29, 1.82) is 0 Å². The number of nitrogens with two attached hydrogens (primary N) is 1. The van der Waals surface area contributed by atoms with Gasteiger partial charge in [-0.2, -0.15) is 0 Å². The SMILES string of the molecule is Cc1nc(CC(N)C2CC(C)CC(C)C2)cs1. The van der Waals surface area contributed by atoms with Gasteiger partial charge >= 0.3 is 0 Å². The summed E-state index contributed by atoms with van der Waals surface area (Å²) >= 11 is 1.73. The van der Waals surface area contributed by atoms with Gasteiger partial charge in [0.1, 0.15) is 0 Å². The van der Waals surface area contributed by atoms with E-state index >= 15 is 0 Å². The first-order valence-electron chi connectivity index (χ1n) is 6.71. The Bertz CT molecular complexity index is 351. The second-order valence-electron chi connectivity index (χ2n) is 5.90. The lowest BCUT2D eigenvalue weighted by Crippen LogP contribution is -2.37. The van der Waals surface area contributed by atoms with Crippen LogP contribution in [-0.4, -0.2) is 11.0 Å². The van der Waals surface area contributed by atoms with Gasteiger partial charge in [0.2, 0.25) is 0 Å². The lowest BCUT2D eigenvalue weighted by atomic mass is 9.73. The molecule has 0 saturated heterocycles. The Morgan fingerprint density at radius 1 is 1.35 bits per heavy atom. The van der Waals surface area contributed by atoms with E-state index < -0.39 is 0 Å². The molecule has 0 aromatic carbocycles. The van der Waals surface area contributed by atoms with Crippen LogP contribution in [0.4, 0.5) is 0 Å². The van der Waals surface area contributed by atoms with Crippen molar-refractivity contribution in [1.82, 2.24) is 4.98 Å². The first-order chi connectivity index (χ1) is 8.04. The lowest BCUT2D eigenvalue weighted by molar-refractivity contribution is 0.192. The van der Waals surface area contributed by atoms with Gasteiger partial charge in [-0.15, -0.1) is 11.3 Å². The Morgan fingerprint density at radius 2 is 2.00 bits per heavy atom. The number of aromatic nitrogens is 1. The van der Waals surface area contributed by atoms with E-state index in [9.17, 15) is 0 Å². The number of hydrogen-bond donors (Lipinski definition) is 1. The molecule has 0 bridgehead atoms. The zero-order valence-corrected chi connectivity index (χ0v) is 12.0. The molecule has 2 N–H and O–H groups in total. The molecule has 96 valence electrons. The van der Waals surface area contributed by atoms with E-state index in [0.29, 0.717) is 12.0 Å². The summed E-state index contributed by atoms with van der Waals surface area (Å²) in [5, 5.41) is 3.31. The summed E-state index contributed by atoms with van der Waals surface area (Å²) in [7, 11) is 0. The van der Waals surface area contributed by atoms with Crippen LogP contribution in [0.15, 0.2) is 5.38 Å². The van der Waals surface area contributed by atoms with Crippen LogP contribution in [-0.2, 0) is 6.42 Å². The van der Waals surface area contributed by atoms with Crippen LogP contribution >= 0.6 is 11.3 Å². The molecule has 0 aliphatic heterocycles. The summed E-state index contributed by atoms with van der Waals surface area (Å²) in [6.45, 7) is 6.79. The molecule has 0 amide bonds. The van der Waals surface area contributed by atoms with Crippen molar-refractivity contribution in [2.45, 2.75) is 52.5 Å². The molecule has 1 fully saturated rings. The minimum atomic E-state index is 0.293. The van der Waals surface area contributed by atoms with Gasteiger partial charge in [-0.25, -0.2) is 4.98 Å². The molecule has 1 aromatic rings. The number of thiazole rings is 1. The Morgan fingerprint density at radius 3 is 2.53 bits per heavy atom. The minimum Gasteiger partial charge on any atom is -0.327 e. The highest BCUT2D eigenvalue weighted by Crippen LogP contribution is 2.34. The minimum absolute atomic E-state index is 0.293. The maximum absolute atomic E-state index is 6.38. The smallest absolute Gasteiger partial charge is 0.0897 e. The molecule has 3 unspecified atom stereocenters. The summed E-state index contributed by atoms with van der Waals surface area (Å²) in [6.07, 6.45) is 4.93. The molecule has 1 saturated carbocycles. The average Bonchev–Trinajstić information content (AvgIpc) is 2.62. The molecule has 1 aliphatic carbocycles. The van der Waals surface area contributed by atoms with E-state index in [1.165, 1.54) is 25.0 Å². The first-order valence-corrected chi connectivity index (χ1v) is 7.59. The van der Waals surface area contributed by atoms with Crippen molar-refractivity contribution >= 4 is 11.3 Å². The highest BCUT2D eigenvalue weighted by Gasteiger charge is 2.28. The van der Waals surface area contributed by atoms with Crippen molar-refractivity contribution in [3.8, 4) is 0 Å². The van der Waals surface area contributed by atoms with Crippen LogP contribution in [0.1, 0.15) is 43.8 Å². The van der Waals surface area contributed by atoms with Gasteiger partial charge in [0.25, 0.3) is 0 Å². The van der Waals surface area contributed by atoms with Crippen LogP contribution in [0.5, 0.6) is 0 Å². The molecule has 3 heteroatoms. The second-order valence-corrected chi connectivity index (χ2v) is 6.97. The van der Waals surface area contributed by atoms with Crippen molar-refractivity contribution in [3.05, 3.63) is 16.1 Å². The van der Waals surface area contributed by atoms with Gasteiger partial charge in [-0.05, 0) is 43.9 Å². The highest BCUT2D eigenvalue weighted by molar-refractivity contribution is 7.09. The van der Waals surface area contributed by atoms with E-state index in [1.54, 1.807) is 11.3 Å². The van der Waals surface area contributed by atoms with E-state index in [0.717, 1.165) is 23.3 Å². The van der Waals surface area contributed by atoms with E-state index in [2.05, 4.69) is 31.1 Å². The number of aryl methyl sites for hydroxylation is 1. The first kappa shape index (κ1) is 13.0. The van der Waals surface area contributed by atoms with Crippen LogP contribution in [0, 0.1) is 24.7 Å². The maximum Gasteiger partial charge on any atom is 0.0897 e. The predicted molar refractivity (Wildman–Crippen MR) is 74.2 cm³/mol. The van der Waals surface area contributed by atoms with Gasteiger partial charge in [-0.3, -0.25) is 0 Å². The van der Waals surface area contributed by atoms with Gasteiger partial charge in [-0.1, -0.05) is 13.8 Å². The predicted octanol–water partition coefficient (Wildman–Crippen LogP) is 3.39. The van der Waals surface area contributed by atoms with Crippen LogP contribution < -0.4 is 5.73 Å². The maximum atomic E-state index is 6.38. The molecule has 1 aromatic heterocycles. The van der Waals surface area contributed by atoms with E-state index in [1.807, 2.05) is 0 Å². The number of rotatable bonds is 3. The van der Waals surface area contributed by atoms with Crippen molar-refractivity contribution < 1.29 is 0 Å². The zero-order valence-electron chi connectivity index (χ0n) is 11.1. The van der Waals surface area contributed by atoms with Crippen molar-refractivity contribution in [2.24, 2.45) is 23.5 Å². The summed E-state index contributed by atoms with van der Waals surface area (Å²) in [5.74, 6) is 2.37. The third-order valence-corrected chi connectivity index (χ3v) is 4.75. The summed E-state index contributed by atoms with van der Waals surface area (Å²) in [5.41, 5.74) is 7.56. The van der Waals surface area contributed by atoms with Gasteiger partial charge < -0.3 is 5.73 Å². The molecule has 1 aliphatic rings. The fourth-order valence-corrected chi connectivity index (χ4v) is 3.89. The van der Waals surface area contributed by atoms with E-state index in [4.69, 9.17) is 5.73 Å².